The minimum Gasteiger partial charge on any atom is -0.482 e. The molecule has 0 radical (unpaired) electrons. The van der Waals surface area contributed by atoms with E-state index < -0.39 is 16.0 Å². The number of sulfonamides is 1. The highest BCUT2D eigenvalue weighted by Gasteiger charge is 2.18. The van der Waals surface area contributed by atoms with Gasteiger partial charge in [-0.25, -0.2) is 13.2 Å². The first-order valence-electron chi connectivity index (χ1n) is 6.91. The van der Waals surface area contributed by atoms with Crippen molar-refractivity contribution in [3.8, 4) is 5.75 Å². The third kappa shape index (κ3) is 4.39. The summed E-state index contributed by atoms with van der Waals surface area (Å²) in [6, 6.07) is 10.9. The van der Waals surface area contributed by atoms with Gasteiger partial charge in [-0.15, -0.1) is 0 Å². The van der Waals surface area contributed by atoms with Gasteiger partial charge in [-0.1, -0.05) is 23.7 Å². The maximum Gasteiger partial charge on any atom is 0.343 e. The highest BCUT2D eigenvalue weighted by atomic mass is 35.5. The van der Waals surface area contributed by atoms with E-state index in [-0.39, 0.29) is 11.5 Å². The molecule has 0 heterocycles. The zero-order valence-corrected chi connectivity index (χ0v) is 14.6. The lowest BCUT2D eigenvalue weighted by Crippen LogP contribution is -2.15. The van der Waals surface area contributed by atoms with Gasteiger partial charge in [0.15, 0.2) is 6.61 Å². The molecule has 0 atom stereocenters. The van der Waals surface area contributed by atoms with Crippen LogP contribution in [-0.2, 0) is 19.6 Å². The molecule has 0 aromatic heterocycles. The molecule has 128 valence electrons. The molecular weight excluding hydrogens is 354 g/mol. The van der Waals surface area contributed by atoms with Crippen molar-refractivity contribution < 1.29 is 22.7 Å². The Bertz CT molecular complexity index is 851. The van der Waals surface area contributed by atoms with Crippen LogP contribution in [0.5, 0.6) is 5.75 Å². The number of esters is 1. The Balaban J connectivity index is 2.21. The molecule has 0 spiro atoms. The molecule has 24 heavy (non-hydrogen) atoms. The second-order valence-electron chi connectivity index (χ2n) is 4.86. The molecule has 2 rings (SSSR count). The van der Waals surface area contributed by atoms with Crippen molar-refractivity contribution in [2.75, 3.05) is 18.4 Å². The highest BCUT2D eigenvalue weighted by molar-refractivity contribution is 7.92. The average molecular weight is 370 g/mol. The molecule has 8 heteroatoms. The van der Waals surface area contributed by atoms with E-state index in [9.17, 15) is 13.2 Å². The van der Waals surface area contributed by atoms with E-state index in [1.807, 2.05) is 0 Å². The van der Waals surface area contributed by atoms with Crippen LogP contribution in [0.3, 0.4) is 0 Å². The molecule has 0 saturated heterocycles. The SMILES string of the molecule is COC(=O)COc1cccc(NS(=O)(=O)c2cccc(Cl)c2C)c1. The van der Waals surface area contributed by atoms with Gasteiger partial charge >= 0.3 is 5.97 Å². The summed E-state index contributed by atoms with van der Waals surface area (Å²) in [5, 5.41) is 0.369. The molecule has 0 aliphatic rings. The van der Waals surface area contributed by atoms with Gasteiger partial charge in [0.25, 0.3) is 10.0 Å². The molecule has 0 amide bonds. The first-order valence-corrected chi connectivity index (χ1v) is 8.77. The number of methoxy groups -OCH3 is 1. The molecule has 0 saturated carbocycles. The van der Waals surface area contributed by atoms with Gasteiger partial charge in [-0.05, 0) is 36.8 Å². The van der Waals surface area contributed by atoms with Gasteiger partial charge < -0.3 is 9.47 Å². The fourth-order valence-electron chi connectivity index (χ4n) is 1.94. The van der Waals surface area contributed by atoms with Crippen LogP contribution in [0.25, 0.3) is 0 Å². The van der Waals surface area contributed by atoms with Crippen LogP contribution in [-0.4, -0.2) is 28.1 Å². The third-order valence-electron chi connectivity index (χ3n) is 3.18. The zero-order valence-electron chi connectivity index (χ0n) is 13.1. The van der Waals surface area contributed by atoms with Crippen LogP contribution in [0, 0.1) is 6.92 Å². The molecule has 0 bridgehead atoms. The third-order valence-corrected chi connectivity index (χ3v) is 5.11. The number of anilines is 1. The number of carbonyl (C=O) groups is 1. The predicted molar refractivity (Wildman–Crippen MR) is 91.0 cm³/mol. The minimum atomic E-state index is -3.80. The number of carbonyl (C=O) groups excluding carboxylic acids is 1. The molecule has 0 aliphatic carbocycles. The summed E-state index contributed by atoms with van der Waals surface area (Å²) in [5.41, 5.74) is 0.765. The number of ether oxygens (including phenoxy) is 2. The van der Waals surface area contributed by atoms with Crippen molar-refractivity contribution >= 4 is 33.3 Å². The Morgan fingerprint density at radius 2 is 1.92 bits per heavy atom. The largest absolute Gasteiger partial charge is 0.482 e. The molecule has 1 N–H and O–H groups in total. The number of nitrogens with one attached hydrogen (secondary N) is 1. The van der Waals surface area contributed by atoms with Crippen LogP contribution in [0.15, 0.2) is 47.4 Å². The van der Waals surface area contributed by atoms with Gasteiger partial charge in [0.2, 0.25) is 0 Å². The van der Waals surface area contributed by atoms with Gasteiger partial charge in [0.1, 0.15) is 5.75 Å². The summed E-state index contributed by atoms with van der Waals surface area (Å²) >= 11 is 5.98. The second kappa shape index (κ2) is 7.55. The molecule has 2 aromatic carbocycles. The molecular formula is C16H16ClNO5S. The Morgan fingerprint density at radius 1 is 1.21 bits per heavy atom. The van der Waals surface area contributed by atoms with Crippen LogP contribution >= 0.6 is 11.6 Å². The minimum absolute atomic E-state index is 0.0934. The lowest BCUT2D eigenvalue weighted by Gasteiger charge is -2.12. The van der Waals surface area contributed by atoms with E-state index in [1.165, 1.54) is 19.2 Å². The topological polar surface area (TPSA) is 81.7 Å². The van der Waals surface area contributed by atoms with Crippen molar-refractivity contribution in [2.45, 2.75) is 11.8 Å². The van der Waals surface area contributed by atoms with Crippen molar-refractivity contribution in [1.82, 2.24) is 0 Å². The van der Waals surface area contributed by atoms with Gasteiger partial charge in [-0.2, -0.15) is 0 Å². The summed E-state index contributed by atoms with van der Waals surface area (Å²) < 4.78 is 37.2. The van der Waals surface area contributed by atoms with E-state index in [1.54, 1.807) is 37.3 Å². The number of rotatable bonds is 6. The smallest absolute Gasteiger partial charge is 0.343 e. The zero-order chi connectivity index (χ0) is 17.7. The summed E-state index contributed by atoms with van der Waals surface area (Å²) in [4.78, 5) is 11.2. The van der Waals surface area contributed by atoms with E-state index in [2.05, 4.69) is 9.46 Å². The van der Waals surface area contributed by atoms with E-state index >= 15 is 0 Å². The molecule has 0 fully saturated rings. The van der Waals surface area contributed by atoms with Crippen LogP contribution in [0.2, 0.25) is 5.02 Å². The van der Waals surface area contributed by atoms with Crippen molar-refractivity contribution in [1.29, 1.82) is 0 Å². The lowest BCUT2D eigenvalue weighted by atomic mass is 10.2. The standard InChI is InChI=1S/C16H16ClNO5S/c1-11-14(17)7-4-8-15(11)24(20,21)18-12-5-3-6-13(9-12)23-10-16(19)22-2/h3-9,18H,10H2,1-2H3. The first-order chi connectivity index (χ1) is 11.3. The van der Waals surface area contributed by atoms with Crippen LogP contribution in [0.1, 0.15) is 5.56 Å². The van der Waals surface area contributed by atoms with Crippen molar-refractivity contribution in [3.05, 3.63) is 53.1 Å². The Labute approximate surface area is 145 Å². The first kappa shape index (κ1) is 18.1. The fourth-order valence-corrected chi connectivity index (χ4v) is 3.49. The maximum atomic E-state index is 12.5. The Morgan fingerprint density at radius 3 is 2.62 bits per heavy atom. The molecule has 0 aliphatic heterocycles. The van der Waals surface area contributed by atoms with Crippen molar-refractivity contribution in [3.63, 3.8) is 0 Å². The fraction of sp³-hybridized carbons (Fsp3) is 0.188. The maximum absolute atomic E-state index is 12.5. The molecule has 0 unspecified atom stereocenters. The van der Waals surface area contributed by atoms with Crippen LogP contribution in [0.4, 0.5) is 5.69 Å². The Kier molecular flexibility index (Phi) is 5.69. The highest BCUT2D eigenvalue weighted by Crippen LogP contribution is 2.26. The lowest BCUT2D eigenvalue weighted by molar-refractivity contribution is -0.142. The monoisotopic (exact) mass is 369 g/mol. The average Bonchev–Trinajstić information content (AvgIpc) is 2.55. The normalized spacial score (nSPS) is 11.0. The number of halogens is 1. The van der Waals surface area contributed by atoms with Crippen LogP contribution < -0.4 is 9.46 Å². The van der Waals surface area contributed by atoms with E-state index in [0.29, 0.717) is 22.0 Å². The quantitative estimate of drug-likeness (QED) is 0.791. The van der Waals surface area contributed by atoms with E-state index in [0.717, 1.165) is 0 Å². The number of hydrogen-bond acceptors (Lipinski definition) is 5. The van der Waals surface area contributed by atoms with Crippen molar-refractivity contribution in [2.24, 2.45) is 0 Å². The Hall–Kier alpha value is -2.25. The van der Waals surface area contributed by atoms with Gasteiger partial charge in [0, 0.05) is 11.1 Å². The number of hydrogen-bond donors (Lipinski definition) is 1. The summed E-state index contributed by atoms with van der Waals surface area (Å²) in [6.07, 6.45) is 0. The summed E-state index contributed by atoms with van der Waals surface area (Å²) in [5.74, 6) is -0.195. The molecule has 2 aromatic rings. The van der Waals surface area contributed by atoms with Gasteiger partial charge in [0.05, 0.1) is 17.7 Å². The summed E-state index contributed by atoms with van der Waals surface area (Å²) in [6.45, 7) is 1.37. The summed E-state index contributed by atoms with van der Waals surface area (Å²) in [7, 11) is -2.55. The van der Waals surface area contributed by atoms with Gasteiger partial charge in [-0.3, -0.25) is 4.72 Å². The predicted octanol–water partition coefficient (Wildman–Crippen LogP) is 3.00. The second-order valence-corrected chi connectivity index (χ2v) is 6.92. The number of benzene rings is 2. The van der Waals surface area contributed by atoms with E-state index in [4.69, 9.17) is 16.3 Å². The molecule has 6 nitrogen and oxygen atoms in total.